The maximum atomic E-state index is 13.0. The normalized spacial score (nSPS) is 13.7. The van der Waals surface area contributed by atoms with E-state index in [0.29, 0.717) is 29.4 Å². The van der Waals surface area contributed by atoms with Crippen molar-refractivity contribution in [2.75, 3.05) is 56.9 Å². The maximum Gasteiger partial charge on any atom is 0.325 e. The molecule has 1 fully saturated rings. The summed E-state index contributed by atoms with van der Waals surface area (Å²) in [4.78, 5) is 45.5. The summed E-state index contributed by atoms with van der Waals surface area (Å²) in [5.74, 6) is 0.137. The van der Waals surface area contributed by atoms with Gasteiger partial charge >= 0.3 is 12.1 Å². The minimum absolute atomic E-state index is 0.0877. The van der Waals surface area contributed by atoms with E-state index < -0.39 is 17.8 Å². The van der Waals surface area contributed by atoms with Gasteiger partial charge in [-0.05, 0) is 55.9 Å². The van der Waals surface area contributed by atoms with Gasteiger partial charge in [0.05, 0.1) is 17.1 Å². The second kappa shape index (κ2) is 15.1. The van der Waals surface area contributed by atoms with E-state index in [1.54, 1.807) is 18.2 Å². The lowest BCUT2D eigenvalue weighted by atomic mass is 10.1. The number of carbonyl (C=O) groups is 3. The molecule has 1 saturated heterocycles. The first-order valence-corrected chi connectivity index (χ1v) is 13.9. The molecule has 0 spiro atoms. The number of hydrogen-bond acceptors (Lipinski definition) is 7. The van der Waals surface area contributed by atoms with Crippen LogP contribution in [0.3, 0.4) is 0 Å². The third kappa shape index (κ3) is 9.98. The number of likely N-dealkylation sites (N-methyl/N-ethyl adjacent to an activating group) is 1. The summed E-state index contributed by atoms with van der Waals surface area (Å²) in [6.45, 7) is 5.69. The quantitative estimate of drug-likeness (QED) is 0.256. The number of pyridine rings is 1. The Balaban J connectivity index is 1.21. The topological polar surface area (TPSA) is 128 Å². The van der Waals surface area contributed by atoms with E-state index in [0.717, 1.165) is 39.1 Å². The molecule has 0 radical (unpaired) electrons. The fourth-order valence-corrected chi connectivity index (χ4v) is 4.41. The van der Waals surface area contributed by atoms with Crippen LogP contribution in [0.5, 0.6) is 11.5 Å². The smallest absolute Gasteiger partial charge is 0.325 e. The van der Waals surface area contributed by atoms with Gasteiger partial charge in [0, 0.05) is 51.1 Å². The summed E-state index contributed by atoms with van der Waals surface area (Å²) >= 11 is 6.31. The Hall–Kier alpha value is -4.26. The highest BCUT2D eigenvalue weighted by atomic mass is 35.5. The van der Waals surface area contributed by atoms with E-state index in [2.05, 4.69) is 43.1 Å². The molecule has 1 aliphatic heterocycles. The van der Waals surface area contributed by atoms with Crippen molar-refractivity contribution in [3.63, 3.8) is 0 Å². The second-order valence-corrected chi connectivity index (χ2v) is 10.2. The van der Waals surface area contributed by atoms with Gasteiger partial charge in [0.1, 0.15) is 23.1 Å². The molecule has 3 aromatic rings. The number of nitrogens with zero attached hydrogens (tertiary/aromatic N) is 3. The van der Waals surface area contributed by atoms with Gasteiger partial charge in [-0.1, -0.05) is 23.7 Å². The number of carbonyl (C=O) groups excluding carboxylic acids is 3. The number of anilines is 2. The van der Waals surface area contributed by atoms with Gasteiger partial charge in [-0.25, -0.2) is 19.0 Å². The summed E-state index contributed by atoms with van der Waals surface area (Å²) in [6.07, 6.45) is 2.27. The van der Waals surface area contributed by atoms with E-state index in [-0.39, 0.29) is 23.2 Å². The van der Waals surface area contributed by atoms with Crippen LogP contribution in [0.25, 0.3) is 0 Å². The summed E-state index contributed by atoms with van der Waals surface area (Å²) in [6, 6.07) is 12.1. The molecule has 0 bridgehead atoms. The van der Waals surface area contributed by atoms with Gasteiger partial charge in [0.2, 0.25) is 5.91 Å². The molecule has 42 heavy (non-hydrogen) atoms. The molecule has 4 rings (SSSR count). The Bertz CT molecular complexity index is 1380. The van der Waals surface area contributed by atoms with Crippen molar-refractivity contribution in [2.24, 2.45) is 0 Å². The number of benzene rings is 2. The predicted molar refractivity (Wildman–Crippen MR) is 159 cm³/mol. The Kier molecular flexibility index (Phi) is 11.0. The highest BCUT2D eigenvalue weighted by Gasteiger charge is 2.14. The van der Waals surface area contributed by atoms with Crippen LogP contribution in [0.2, 0.25) is 5.02 Å². The highest BCUT2D eigenvalue weighted by Crippen LogP contribution is 2.30. The van der Waals surface area contributed by atoms with Crippen LogP contribution in [-0.4, -0.2) is 79.1 Å². The Morgan fingerprint density at radius 2 is 1.69 bits per heavy atom. The zero-order valence-corrected chi connectivity index (χ0v) is 23.9. The average Bonchev–Trinajstić information content (AvgIpc) is 2.95. The summed E-state index contributed by atoms with van der Waals surface area (Å²) in [5, 5.41) is 10.4. The lowest BCUT2D eigenvalue weighted by molar-refractivity contribution is -0.119. The minimum Gasteiger partial charge on any atom is -0.457 e. The number of rotatable bonds is 10. The van der Waals surface area contributed by atoms with Gasteiger partial charge in [-0.15, -0.1) is 0 Å². The third-order valence-corrected chi connectivity index (χ3v) is 6.77. The largest absolute Gasteiger partial charge is 0.457 e. The van der Waals surface area contributed by atoms with Crippen molar-refractivity contribution in [3.05, 3.63) is 77.2 Å². The maximum absolute atomic E-state index is 13.0. The lowest BCUT2D eigenvalue weighted by Gasteiger charge is -2.32. The zero-order valence-electron chi connectivity index (χ0n) is 23.2. The molecule has 0 unspecified atom stereocenters. The van der Waals surface area contributed by atoms with Crippen molar-refractivity contribution in [3.8, 4) is 11.5 Å². The Labute approximate surface area is 248 Å². The van der Waals surface area contributed by atoms with Crippen LogP contribution < -0.4 is 26.0 Å². The average molecular weight is 598 g/mol. The molecular weight excluding hydrogens is 565 g/mol. The van der Waals surface area contributed by atoms with Crippen molar-refractivity contribution >= 4 is 41.1 Å². The summed E-state index contributed by atoms with van der Waals surface area (Å²) in [7, 11) is 2.12. The van der Waals surface area contributed by atoms with Crippen LogP contribution in [0.4, 0.5) is 25.5 Å². The molecule has 11 nitrogen and oxygen atoms in total. The van der Waals surface area contributed by atoms with Crippen LogP contribution in [0.15, 0.2) is 60.8 Å². The molecule has 0 saturated carbocycles. The monoisotopic (exact) mass is 597 g/mol. The predicted octanol–water partition coefficient (Wildman–Crippen LogP) is 4.32. The number of amides is 5. The van der Waals surface area contributed by atoms with Gasteiger partial charge in [-0.3, -0.25) is 15.4 Å². The van der Waals surface area contributed by atoms with Gasteiger partial charge in [0.15, 0.2) is 0 Å². The fraction of sp³-hybridized carbons (Fsp3) is 0.310. The number of imide groups is 1. The van der Waals surface area contributed by atoms with Gasteiger partial charge < -0.3 is 25.2 Å². The van der Waals surface area contributed by atoms with Crippen molar-refractivity contribution < 1.29 is 23.5 Å². The molecule has 222 valence electrons. The first kappa shape index (κ1) is 30.7. The highest BCUT2D eigenvalue weighted by molar-refractivity contribution is 6.33. The minimum atomic E-state index is -0.764. The Morgan fingerprint density at radius 1 is 0.952 bits per heavy atom. The first-order chi connectivity index (χ1) is 20.2. The number of ether oxygens (including phenoxy) is 1. The van der Waals surface area contributed by atoms with Crippen molar-refractivity contribution in [1.29, 1.82) is 0 Å². The molecule has 0 aliphatic carbocycles. The van der Waals surface area contributed by atoms with Crippen molar-refractivity contribution in [1.82, 2.24) is 25.4 Å². The molecule has 5 amide bonds. The molecular formula is C29H33ClFN7O4. The molecule has 1 aliphatic rings. The lowest BCUT2D eigenvalue weighted by Crippen LogP contribution is -2.45. The molecule has 4 N–H and O–H groups in total. The van der Waals surface area contributed by atoms with E-state index in [1.165, 1.54) is 42.6 Å². The summed E-state index contributed by atoms with van der Waals surface area (Å²) < 4.78 is 18.9. The van der Waals surface area contributed by atoms with Crippen LogP contribution in [0.1, 0.15) is 12.0 Å². The Morgan fingerprint density at radius 3 is 2.43 bits per heavy atom. The van der Waals surface area contributed by atoms with Crippen LogP contribution in [0, 0.1) is 5.82 Å². The zero-order chi connectivity index (χ0) is 29.9. The third-order valence-electron chi connectivity index (χ3n) is 6.46. The van der Waals surface area contributed by atoms with E-state index in [4.69, 9.17) is 16.3 Å². The standard InChI is InChI=1S/C29H33ClFN7O4/c1-37-13-15-38(16-14-37)12-2-10-33-28(40)35-26-19-23(9-11-32-26)42-22-7-8-25(24(30)18-22)34-29(41)36-27(39)17-20-3-5-21(31)6-4-20/h3-9,11,18-19H,2,10,12-17H2,1H3,(H2,32,33,35,40)(H2,34,36,39,41). The number of halogens is 2. The van der Waals surface area contributed by atoms with Gasteiger partial charge in [0.25, 0.3) is 0 Å². The number of urea groups is 2. The molecule has 2 aromatic carbocycles. The van der Waals surface area contributed by atoms with E-state index in [1.807, 2.05) is 0 Å². The first-order valence-electron chi connectivity index (χ1n) is 13.5. The molecule has 1 aromatic heterocycles. The van der Waals surface area contributed by atoms with E-state index >= 15 is 0 Å². The molecule has 13 heteroatoms. The molecule has 2 heterocycles. The van der Waals surface area contributed by atoms with Crippen molar-refractivity contribution in [2.45, 2.75) is 12.8 Å². The van der Waals surface area contributed by atoms with Crippen LogP contribution in [-0.2, 0) is 11.2 Å². The fourth-order valence-electron chi connectivity index (χ4n) is 4.19. The SMILES string of the molecule is CN1CCN(CCCNC(=O)Nc2cc(Oc3ccc(NC(=O)NC(=O)Cc4ccc(F)cc4)c(Cl)c3)ccn2)CC1. The second-order valence-electron chi connectivity index (χ2n) is 9.81. The number of nitrogens with one attached hydrogen (secondary N) is 4. The number of piperazine rings is 1. The van der Waals surface area contributed by atoms with Gasteiger partial charge in [-0.2, -0.15) is 0 Å². The number of aromatic nitrogens is 1. The number of hydrogen-bond donors (Lipinski definition) is 4. The van der Waals surface area contributed by atoms with E-state index in [9.17, 15) is 18.8 Å². The summed E-state index contributed by atoms with van der Waals surface area (Å²) in [5.41, 5.74) is 0.825. The molecule has 0 atom stereocenters. The van der Waals surface area contributed by atoms with Crippen LogP contribution >= 0.6 is 11.6 Å².